The molecule has 4 atom stereocenters. The number of rotatable bonds is 1. The lowest BCUT2D eigenvalue weighted by molar-refractivity contribution is -0.199. The van der Waals surface area contributed by atoms with E-state index in [-0.39, 0.29) is 12.9 Å². The van der Waals surface area contributed by atoms with Crippen molar-refractivity contribution in [3.63, 3.8) is 0 Å². The van der Waals surface area contributed by atoms with Crippen molar-refractivity contribution in [3.8, 4) is 0 Å². The fourth-order valence-electron chi connectivity index (χ4n) is 3.99. The summed E-state index contributed by atoms with van der Waals surface area (Å²) in [7, 11) is 1.69. The third kappa shape index (κ3) is 1.08. The third-order valence-corrected chi connectivity index (χ3v) is 5.18. The first-order valence-corrected chi connectivity index (χ1v) is 5.99. The minimum absolute atomic E-state index is 0.0636. The van der Waals surface area contributed by atoms with Crippen molar-refractivity contribution in [3.05, 3.63) is 0 Å². The summed E-state index contributed by atoms with van der Waals surface area (Å²) in [5.41, 5.74) is 0.378. The van der Waals surface area contributed by atoms with Crippen LogP contribution in [0.3, 0.4) is 0 Å². The van der Waals surface area contributed by atoms with Gasteiger partial charge in [-0.15, -0.1) is 0 Å². The van der Waals surface area contributed by atoms with Gasteiger partial charge in [-0.05, 0) is 44.1 Å². The van der Waals surface area contributed by atoms with Gasteiger partial charge in [-0.1, -0.05) is 13.8 Å². The average molecular weight is 209 g/mol. The van der Waals surface area contributed by atoms with Gasteiger partial charge in [0.1, 0.15) is 0 Å². The molecule has 15 heavy (non-hydrogen) atoms. The molecule has 84 valence electrons. The molecule has 0 aromatic rings. The van der Waals surface area contributed by atoms with E-state index in [4.69, 9.17) is 9.31 Å². The SMILES string of the molecule is CNB1O[C@@H]2C[C@@H]3C[C@@H](C3(C)C)[C@]2(C)O1. The molecule has 3 aliphatic carbocycles. The molecule has 1 aliphatic heterocycles. The monoisotopic (exact) mass is 209 g/mol. The van der Waals surface area contributed by atoms with Gasteiger partial charge in [0.05, 0.1) is 11.7 Å². The van der Waals surface area contributed by atoms with Crippen molar-refractivity contribution in [1.82, 2.24) is 5.23 Å². The quantitative estimate of drug-likeness (QED) is 0.662. The molecule has 0 aromatic carbocycles. The predicted molar refractivity (Wildman–Crippen MR) is 59.2 cm³/mol. The molecule has 1 saturated heterocycles. The highest BCUT2D eigenvalue weighted by Gasteiger charge is 2.67. The van der Waals surface area contributed by atoms with E-state index in [1.165, 1.54) is 6.42 Å². The lowest BCUT2D eigenvalue weighted by Gasteiger charge is -2.64. The lowest BCUT2D eigenvalue weighted by Crippen LogP contribution is -2.65. The molecule has 0 amide bonds. The lowest BCUT2D eigenvalue weighted by atomic mass is 9.43. The van der Waals surface area contributed by atoms with Gasteiger partial charge in [-0.25, -0.2) is 0 Å². The van der Waals surface area contributed by atoms with E-state index in [0.29, 0.717) is 17.4 Å². The molecular weight excluding hydrogens is 189 g/mol. The summed E-state index contributed by atoms with van der Waals surface area (Å²) in [6, 6.07) is 0. The Labute approximate surface area is 92.1 Å². The number of nitrogens with one attached hydrogen (secondary N) is 1. The fourth-order valence-corrected chi connectivity index (χ4v) is 3.99. The van der Waals surface area contributed by atoms with Gasteiger partial charge < -0.3 is 14.5 Å². The molecule has 4 aliphatic rings. The smallest absolute Gasteiger partial charge is 0.391 e. The molecule has 1 heterocycles. The topological polar surface area (TPSA) is 30.5 Å². The van der Waals surface area contributed by atoms with Gasteiger partial charge in [0.2, 0.25) is 0 Å². The molecule has 0 unspecified atom stereocenters. The Kier molecular flexibility index (Phi) is 1.88. The van der Waals surface area contributed by atoms with Crippen LogP contribution in [0.1, 0.15) is 33.6 Å². The van der Waals surface area contributed by atoms with Crippen LogP contribution in [0.15, 0.2) is 0 Å². The van der Waals surface area contributed by atoms with Crippen LogP contribution < -0.4 is 5.23 Å². The maximum absolute atomic E-state index is 6.05. The van der Waals surface area contributed by atoms with Gasteiger partial charge in [0.25, 0.3) is 0 Å². The van der Waals surface area contributed by atoms with E-state index in [1.54, 1.807) is 0 Å². The van der Waals surface area contributed by atoms with Crippen LogP contribution in [0.25, 0.3) is 0 Å². The summed E-state index contributed by atoms with van der Waals surface area (Å²) in [6.07, 6.45) is 2.78. The van der Waals surface area contributed by atoms with E-state index in [9.17, 15) is 0 Å². The molecule has 3 nitrogen and oxygen atoms in total. The summed E-state index contributed by atoms with van der Waals surface area (Å²) >= 11 is 0. The zero-order chi connectivity index (χ0) is 10.8. The molecule has 1 N–H and O–H groups in total. The summed E-state index contributed by atoms with van der Waals surface area (Å²) in [5, 5.41) is 3.07. The first-order valence-electron chi connectivity index (χ1n) is 5.99. The van der Waals surface area contributed by atoms with Crippen LogP contribution >= 0.6 is 0 Å². The predicted octanol–water partition coefficient (Wildman–Crippen LogP) is 1.43. The Morgan fingerprint density at radius 3 is 2.60 bits per heavy atom. The van der Waals surface area contributed by atoms with Crippen molar-refractivity contribution in [1.29, 1.82) is 0 Å². The zero-order valence-electron chi connectivity index (χ0n) is 10.0. The first-order chi connectivity index (χ1) is 6.98. The molecule has 0 aromatic heterocycles. The summed E-state index contributed by atoms with van der Waals surface area (Å²) < 4.78 is 11.9. The van der Waals surface area contributed by atoms with Gasteiger partial charge in [0.15, 0.2) is 0 Å². The Morgan fingerprint density at radius 2 is 2.00 bits per heavy atom. The second-order valence-electron chi connectivity index (χ2n) is 6.09. The summed E-state index contributed by atoms with van der Waals surface area (Å²) in [4.78, 5) is 0. The van der Waals surface area contributed by atoms with Gasteiger partial charge >= 0.3 is 7.25 Å². The van der Waals surface area contributed by atoms with Crippen LogP contribution in [0, 0.1) is 17.3 Å². The number of hydrogen-bond donors (Lipinski definition) is 1. The maximum atomic E-state index is 6.05. The van der Waals surface area contributed by atoms with E-state index in [1.807, 2.05) is 7.05 Å². The van der Waals surface area contributed by atoms with Crippen molar-refractivity contribution < 1.29 is 9.31 Å². The number of hydrogen-bond acceptors (Lipinski definition) is 3. The molecule has 2 bridgehead atoms. The highest BCUT2D eigenvalue weighted by atomic mass is 16.7. The minimum atomic E-state index is -0.199. The van der Waals surface area contributed by atoms with Crippen LogP contribution in [-0.4, -0.2) is 26.0 Å². The molecule has 4 heteroatoms. The standard InChI is InChI=1S/C11H20BNO2/c1-10(2)7-5-8(10)11(3)9(6-7)14-12(13-4)15-11/h7-9,13H,5-6H2,1-4H3/t7-,8-,9+,11-/m0/s1. The highest BCUT2D eigenvalue weighted by molar-refractivity contribution is 6.42. The molecule has 4 fully saturated rings. The van der Waals surface area contributed by atoms with E-state index < -0.39 is 0 Å². The van der Waals surface area contributed by atoms with Crippen LogP contribution in [0.5, 0.6) is 0 Å². The van der Waals surface area contributed by atoms with Crippen molar-refractivity contribution >= 4 is 7.25 Å². The van der Waals surface area contributed by atoms with Crippen molar-refractivity contribution in [2.24, 2.45) is 17.3 Å². The highest BCUT2D eigenvalue weighted by Crippen LogP contribution is 2.65. The second-order valence-corrected chi connectivity index (χ2v) is 6.09. The third-order valence-electron chi connectivity index (χ3n) is 5.18. The zero-order valence-corrected chi connectivity index (χ0v) is 10.0. The Balaban J connectivity index is 1.89. The largest absolute Gasteiger partial charge is 0.555 e. The van der Waals surface area contributed by atoms with E-state index in [2.05, 4.69) is 26.0 Å². The molecule has 4 rings (SSSR count). The van der Waals surface area contributed by atoms with Crippen molar-refractivity contribution in [2.75, 3.05) is 7.05 Å². The van der Waals surface area contributed by atoms with Gasteiger partial charge in [0, 0.05) is 0 Å². The first kappa shape index (κ1) is 10.1. The molecule has 3 saturated carbocycles. The van der Waals surface area contributed by atoms with E-state index >= 15 is 0 Å². The van der Waals surface area contributed by atoms with Gasteiger partial charge in [-0.2, -0.15) is 0 Å². The average Bonchev–Trinajstić information content (AvgIpc) is 2.53. The Hall–Kier alpha value is -0.0551. The van der Waals surface area contributed by atoms with E-state index in [0.717, 1.165) is 12.3 Å². The van der Waals surface area contributed by atoms with Crippen LogP contribution in [0.2, 0.25) is 0 Å². The van der Waals surface area contributed by atoms with Crippen molar-refractivity contribution in [2.45, 2.75) is 45.3 Å². The van der Waals surface area contributed by atoms with Crippen LogP contribution in [-0.2, 0) is 9.31 Å². The minimum Gasteiger partial charge on any atom is -0.391 e. The summed E-state index contributed by atoms with van der Waals surface area (Å²) in [5.74, 6) is 1.49. The molecule has 0 radical (unpaired) electrons. The van der Waals surface area contributed by atoms with Gasteiger partial charge in [-0.3, -0.25) is 0 Å². The summed E-state index contributed by atoms with van der Waals surface area (Å²) in [6.45, 7) is 6.99. The fraction of sp³-hybridized carbons (Fsp3) is 1.00. The molecule has 0 spiro atoms. The van der Waals surface area contributed by atoms with Crippen LogP contribution in [0.4, 0.5) is 0 Å². The Bertz CT molecular complexity index is 296. The molecular formula is C11H20BNO2. The normalized spacial score (nSPS) is 51.2. The Morgan fingerprint density at radius 1 is 1.27 bits per heavy atom. The maximum Gasteiger partial charge on any atom is 0.555 e. The second kappa shape index (κ2) is 2.79.